The van der Waals surface area contributed by atoms with E-state index in [2.05, 4.69) is 10.3 Å². The maximum atomic E-state index is 13.2. The van der Waals surface area contributed by atoms with Gasteiger partial charge in [0.15, 0.2) is 0 Å². The molecule has 1 aliphatic heterocycles. The van der Waals surface area contributed by atoms with Gasteiger partial charge >= 0.3 is 0 Å². The van der Waals surface area contributed by atoms with E-state index in [4.69, 9.17) is 17.0 Å². The summed E-state index contributed by atoms with van der Waals surface area (Å²) >= 11 is 6.61. The van der Waals surface area contributed by atoms with E-state index < -0.39 is 0 Å². The molecule has 0 bridgehead atoms. The van der Waals surface area contributed by atoms with Gasteiger partial charge in [-0.15, -0.1) is 0 Å². The first-order chi connectivity index (χ1) is 14.5. The second-order valence-corrected chi connectivity index (χ2v) is 8.60. The molecule has 1 amide bonds. The number of thiocarbonyl (C=S) groups is 1. The molecule has 0 saturated carbocycles. The SMILES string of the molecule is CCCNc1nc2ccc(C)cn2c(=O)c1/C=C1/SC(=S)N(CCCOCC)C1=O. The van der Waals surface area contributed by atoms with Crippen LogP contribution in [0, 0.1) is 6.92 Å². The summed E-state index contributed by atoms with van der Waals surface area (Å²) in [7, 11) is 0. The first-order valence-corrected chi connectivity index (χ1v) is 11.3. The Morgan fingerprint density at radius 3 is 2.83 bits per heavy atom. The average molecular weight is 447 g/mol. The van der Waals surface area contributed by atoms with Crippen LogP contribution in [-0.2, 0) is 9.53 Å². The Morgan fingerprint density at radius 2 is 2.10 bits per heavy atom. The van der Waals surface area contributed by atoms with Crippen molar-refractivity contribution >= 4 is 51.7 Å². The van der Waals surface area contributed by atoms with Crippen LogP contribution in [-0.4, -0.2) is 50.8 Å². The highest BCUT2D eigenvalue weighted by Crippen LogP contribution is 2.33. The Balaban J connectivity index is 1.97. The standard InChI is InChI=1S/C21H26N4O3S2/c1-4-9-22-18-15(19(26)25-13-14(3)7-8-17(25)23-18)12-16-20(27)24(21(29)30-16)10-6-11-28-5-2/h7-8,12-13,22H,4-6,9-11H2,1-3H3/b16-12+. The van der Waals surface area contributed by atoms with Crippen LogP contribution in [0.3, 0.4) is 0 Å². The lowest BCUT2D eigenvalue weighted by Gasteiger charge is -2.14. The monoisotopic (exact) mass is 446 g/mol. The first kappa shape index (κ1) is 22.5. The van der Waals surface area contributed by atoms with Crippen LogP contribution in [0.15, 0.2) is 28.0 Å². The molecule has 0 unspecified atom stereocenters. The number of nitrogens with zero attached hydrogens (tertiary/aromatic N) is 3. The zero-order valence-electron chi connectivity index (χ0n) is 17.4. The number of aryl methyl sites for hydroxylation is 1. The molecule has 9 heteroatoms. The van der Waals surface area contributed by atoms with Gasteiger partial charge in [-0.3, -0.25) is 18.9 Å². The number of hydrogen-bond acceptors (Lipinski definition) is 7. The zero-order valence-corrected chi connectivity index (χ0v) is 19.1. The summed E-state index contributed by atoms with van der Waals surface area (Å²) in [4.78, 5) is 32.7. The summed E-state index contributed by atoms with van der Waals surface area (Å²) in [5, 5.41) is 3.22. The molecule has 30 heavy (non-hydrogen) atoms. The number of rotatable bonds is 9. The molecule has 1 fully saturated rings. The van der Waals surface area contributed by atoms with Gasteiger partial charge in [0.1, 0.15) is 15.8 Å². The smallest absolute Gasteiger partial charge is 0.267 e. The summed E-state index contributed by atoms with van der Waals surface area (Å²) in [5.74, 6) is 0.295. The molecule has 3 heterocycles. The van der Waals surface area contributed by atoms with Crippen molar-refractivity contribution < 1.29 is 9.53 Å². The molecule has 0 aromatic carbocycles. The molecule has 0 spiro atoms. The number of carbonyl (C=O) groups excluding carboxylic acids is 1. The van der Waals surface area contributed by atoms with Gasteiger partial charge in [-0.05, 0) is 44.4 Å². The van der Waals surface area contributed by atoms with Gasteiger partial charge in [0.05, 0.1) is 10.5 Å². The van der Waals surface area contributed by atoms with Crippen molar-refractivity contribution in [3.05, 3.63) is 44.7 Å². The van der Waals surface area contributed by atoms with Crippen LogP contribution >= 0.6 is 24.0 Å². The third kappa shape index (κ3) is 4.91. The Kier molecular flexibility index (Phi) is 7.63. The van der Waals surface area contributed by atoms with Crippen LogP contribution in [0.1, 0.15) is 37.8 Å². The van der Waals surface area contributed by atoms with Crippen LogP contribution in [0.2, 0.25) is 0 Å². The van der Waals surface area contributed by atoms with E-state index in [0.717, 1.165) is 12.0 Å². The van der Waals surface area contributed by atoms with Gasteiger partial charge in [0, 0.05) is 32.5 Å². The number of hydrogen-bond donors (Lipinski definition) is 1. The fourth-order valence-corrected chi connectivity index (χ4v) is 4.35. The maximum Gasteiger partial charge on any atom is 0.267 e. The fraction of sp³-hybridized carbons (Fsp3) is 0.429. The van der Waals surface area contributed by atoms with Crippen LogP contribution < -0.4 is 10.9 Å². The summed E-state index contributed by atoms with van der Waals surface area (Å²) in [5.41, 5.74) is 1.65. The third-order valence-corrected chi connectivity index (χ3v) is 5.95. The number of ether oxygens (including phenoxy) is 1. The van der Waals surface area contributed by atoms with Gasteiger partial charge < -0.3 is 10.1 Å². The van der Waals surface area contributed by atoms with E-state index >= 15 is 0 Å². The predicted octanol–water partition coefficient (Wildman–Crippen LogP) is 3.45. The van der Waals surface area contributed by atoms with E-state index in [1.54, 1.807) is 17.2 Å². The molecule has 3 rings (SSSR count). The Morgan fingerprint density at radius 1 is 1.30 bits per heavy atom. The normalized spacial score (nSPS) is 15.6. The minimum Gasteiger partial charge on any atom is -0.382 e. The second kappa shape index (κ2) is 10.2. The van der Waals surface area contributed by atoms with Crippen molar-refractivity contribution in [1.29, 1.82) is 0 Å². The summed E-state index contributed by atoms with van der Waals surface area (Å²) in [6.07, 6.45) is 4.96. The van der Waals surface area contributed by atoms with Gasteiger partial charge in [-0.2, -0.15) is 0 Å². The highest BCUT2D eigenvalue weighted by Gasteiger charge is 2.32. The predicted molar refractivity (Wildman–Crippen MR) is 126 cm³/mol. The number of thioether (sulfide) groups is 1. The van der Waals surface area contributed by atoms with Crippen LogP contribution in [0.25, 0.3) is 11.7 Å². The Hall–Kier alpha value is -2.23. The number of aromatic nitrogens is 2. The Bertz CT molecular complexity index is 1050. The highest BCUT2D eigenvalue weighted by molar-refractivity contribution is 8.26. The minimum absolute atomic E-state index is 0.184. The minimum atomic E-state index is -0.219. The molecule has 2 aromatic rings. The number of anilines is 1. The van der Waals surface area contributed by atoms with E-state index in [1.807, 2.05) is 32.9 Å². The van der Waals surface area contributed by atoms with Crippen LogP contribution in [0.5, 0.6) is 0 Å². The molecule has 1 aliphatic rings. The Labute approximate surface area is 185 Å². The van der Waals surface area contributed by atoms with Crippen molar-refractivity contribution in [2.24, 2.45) is 0 Å². The number of carbonyl (C=O) groups is 1. The van der Waals surface area contributed by atoms with Crippen molar-refractivity contribution in [2.45, 2.75) is 33.6 Å². The summed E-state index contributed by atoms with van der Waals surface area (Å²) < 4.78 is 7.35. The second-order valence-electron chi connectivity index (χ2n) is 6.92. The van der Waals surface area contributed by atoms with E-state index in [1.165, 1.54) is 16.2 Å². The molecule has 7 nitrogen and oxygen atoms in total. The highest BCUT2D eigenvalue weighted by atomic mass is 32.2. The van der Waals surface area contributed by atoms with Crippen molar-refractivity contribution in [1.82, 2.24) is 14.3 Å². The van der Waals surface area contributed by atoms with Gasteiger partial charge in [0.2, 0.25) is 0 Å². The van der Waals surface area contributed by atoms with Gasteiger partial charge in [0.25, 0.3) is 11.5 Å². The van der Waals surface area contributed by atoms with Crippen molar-refractivity contribution in [3.63, 3.8) is 0 Å². The third-order valence-electron chi connectivity index (χ3n) is 4.57. The van der Waals surface area contributed by atoms with Crippen LogP contribution in [0.4, 0.5) is 5.82 Å². The average Bonchev–Trinajstić information content (AvgIpc) is 2.99. The largest absolute Gasteiger partial charge is 0.382 e. The molecular weight excluding hydrogens is 420 g/mol. The molecule has 1 saturated heterocycles. The van der Waals surface area contributed by atoms with E-state index in [0.29, 0.717) is 59.0 Å². The van der Waals surface area contributed by atoms with Gasteiger partial charge in [-0.25, -0.2) is 4.98 Å². The molecule has 0 radical (unpaired) electrons. The zero-order chi connectivity index (χ0) is 21.7. The number of pyridine rings is 1. The molecule has 160 valence electrons. The summed E-state index contributed by atoms with van der Waals surface area (Å²) in [6.45, 7) is 8.28. The van der Waals surface area contributed by atoms with E-state index in [9.17, 15) is 9.59 Å². The number of nitrogens with one attached hydrogen (secondary N) is 1. The quantitative estimate of drug-likeness (QED) is 0.359. The van der Waals surface area contributed by atoms with Gasteiger partial charge in [-0.1, -0.05) is 37.0 Å². The summed E-state index contributed by atoms with van der Waals surface area (Å²) in [6, 6.07) is 3.73. The topological polar surface area (TPSA) is 75.9 Å². The lowest BCUT2D eigenvalue weighted by atomic mass is 10.2. The van der Waals surface area contributed by atoms with Crippen molar-refractivity contribution in [3.8, 4) is 0 Å². The molecule has 2 aromatic heterocycles. The number of amides is 1. The lowest BCUT2D eigenvalue weighted by Crippen LogP contribution is -2.29. The fourth-order valence-electron chi connectivity index (χ4n) is 3.06. The molecule has 0 aliphatic carbocycles. The lowest BCUT2D eigenvalue weighted by molar-refractivity contribution is -0.122. The van der Waals surface area contributed by atoms with Crippen molar-refractivity contribution in [2.75, 3.05) is 31.6 Å². The maximum absolute atomic E-state index is 13.2. The molecular formula is C21H26N4O3S2. The first-order valence-electron chi connectivity index (χ1n) is 10.1. The van der Waals surface area contributed by atoms with E-state index in [-0.39, 0.29) is 11.5 Å². The molecule has 1 N–H and O–H groups in total. The molecule has 0 atom stereocenters. The number of fused-ring (bicyclic) bond motifs is 1.